The van der Waals surface area contributed by atoms with Crippen LogP contribution in [0.3, 0.4) is 0 Å². The minimum atomic E-state index is -3.45. The highest BCUT2D eigenvalue weighted by Crippen LogP contribution is 2.11. The second kappa shape index (κ2) is 7.03. The van der Waals surface area contributed by atoms with Gasteiger partial charge >= 0.3 is 0 Å². The number of benzene rings is 1. The summed E-state index contributed by atoms with van der Waals surface area (Å²) >= 11 is 0. The van der Waals surface area contributed by atoms with E-state index in [0.29, 0.717) is 10.8 Å². The Hall–Kier alpha value is -0.910. The van der Waals surface area contributed by atoms with Gasteiger partial charge in [0.05, 0.1) is 4.90 Å². The standard InChI is InChI=1S/C14H24N2O2S/c1-4-12-5-7-14(8-6-12)19(17,18)16-10-13(15)9-11(2)3/h5-8,11,13,16H,4,9-10,15H2,1-3H3. The van der Waals surface area contributed by atoms with Gasteiger partial charge in [0.1, 0.15) is 0 Å². The third-order valence-corrected chi connectivity index (χ3v) is 4.39. The highest BCUT2D eigenvalue weighted by atomic mass is 32.2. The van der Waals surface area contributed by atoms with Crippen molar-refractivity contribution in [2.75, 3.05) is 6.54 Å². The molecule has 0 aliphatic heterocycles. The molecule has 0 amide bonds. The van der Waals surface area contributed by atoms with Gasteiger partial charge in [0.2, 0.25) is 10.0 Å². The molecule has 0 saturated carbocycles. The Labute approximate surface area is 116 Å². The Balaban J connectivity index is 2.65. The molecule has 0 heterocycles. The molecule has 0 bridgehead atoms. The van der Waals surface area contributed by atoms with Gasteiger partial charge in [-0.3, -0.25) is 0 Å². The van der Waals surface area contributed by atoms with Gasteiger partial charge in [0.15, 0.2) is 0 Å². The lowest BCUT2D eigenvalue weighted by molar-refractivity contribution is 0.486. The minimum absolute atomic E-state index is 0.148. The molecule has 19 heavy (non-hydrogen) atoms. The fourth-order valence-corrected chi connectivity index (χ4v) is 2.99. The van der Waals surface area contributed by atoms with Crippen molar-refractivity contribution in [3.63, 3.8) is 0 Å². The summed E-state index contributed by atoms with van der Waals surface area (Å²) in [6.45, 7) is 6.44. The molecule has 0 spiro atoms. The summed E-state index contributed by atoms with van der Waals surface area (Å²) in [6, 6.07) is 6.79. The molecule has 0 fully saturated rings. The zero-order valence-corrected chi connectivity index (χ0v) is 12.7. The van der Waals surface area contributed by atoms with Crippen LogP contribution in [0.15, 0.2) is 29.2 Å². The summed E-state index contributed by atoms with van der Waals surface area (Å²) in [6.07, 6.45) is 1.70. The molecule has 0 radical (unpaired) electrons. The lowest BCUT2D eigenvalue weighted by Crippen LogP contribution is -2.37. The summed E-state index contributed by atoms with van der Waals surface area (Å²) in [5, 5.41) is 0. The molecule has 1 unspecified atom stereocenters. The second-order valence-electron chi connectivity index (χ2n) is 5.24. The topological polar surface area (TPSA) is 72.2 Å². The first-order chi connectivity index (χ1) is 8.85. The van der Waals surface area contributed by atoms with Gasteiger partial charge in [-0.2, -0.15) is 0 Å². The fourth-order valence-electron chi connectivity index (χ4n) is 1.89. The molecule has 4 nitrogen and oxygen atoms in total. The summed E-state index contributed by atoms with van der Waals surface area (Å²) < 4.78 is 26.7. The maximum absolute atomic E-state index is 12.1. The van der Waals surface area contributed by atoms with Crippen LogP contribution in [-0.4, -0.2) is 21.0 Å². The van der Waals surface area contributed by atoms with E-state index < -0.39 is 10.0 Å². The van der Waals surface area contributed by atoms with Crippen LogP contribution < -0.4 is 10.5 Å². The fraction of sp³-hybridized carbons (Fsp3) is 0.571. The zero-order chi connectivity index (χ0) is 14.5. The van der Waals surface area contributed by atoms with E-state index in [0.717, 1.165) is 18.4 Å². The Morgan fingerprint density at radius 1 is 1.21 bits per heavy atom. The molecular weight excluding hydrogens is 260 g/mol. The number of nitrogens with one attached hydrogen (secondary N) is 1. The van der Waals surface area contributed by atoms with E-state index in [1.807, 2.05) is 19.1 Å². The number of nitrogens with two attached hydrogens (primary N) is 1. The molecule has 1 aromatic rings. The lowest BCUT2D eigenvalue weighted by atomic mass is 10.1. The SMILES string of the molecule is CCc1ccc(S(=O)(=O)NCC(N)CC(C)C)cc1. The number of hydrogen-bond donors (Lipinski definition) is 2. The van der Waals surface area contributed by atoms with E-state index in [4.69, 9.17) is 5.73 Å². The van der Waals surface area contributed by atoms with Crippen molar-refractivity contribution < 1.29 is 8.42 Å². The first-order valence-electron chi connectivity index (χ1n) is 6.69. The smallest absolute Gasteiger partial charge is 0.240 e. The average Bonchev–Trinajstić information content (AvgIpc) is 2.36. The van der Waals surface area contributed by atoms with Gasteiger partial charge in [-0.15, -0.1) is 0 Å². The molecular formula is C14H24N2O2S. The number of rotatable bonds is 7. The van der Waals surface area contributed by atoms with Crippen molar-refractivity contribution in [3.05, 3.63) is 29.8 Å². The van der Waals surface area contributed by atoms with Crippen molar-refractivity contribution in [2.24, 2.45) is 11.7 Å². The highest BCUT2D eigenvalue weighted by molar-refractivity contribution is 7.89. The molecule has 1 rings (SSSR count). The Kier molecular flexibility index (Phi) is 5.97. The maximum atomic E-state index is 12.1. The van der Waals surface area contributed by atoms with Gasteiger partial charge in [-0.1, -0.05) is 32.9 Å². The molecule has 0 aliphatic rings. The van der Waals surface area contributed by atoms with E-state index in [1.165, 1.54) is 0 Å². The first kappa shape index (κ1) is 16.1. The van der Waals surface area contributed by atoms with Crippen molar-refractivity contribution in [1.29, 1.82) is 0 Å². The molecule has 1 atom stereocenters. The van der Waals surface area contributed by atoms with Crippen LogP contribution in [0.4, 0.5) is 0 Å². The summed E-state index contributed by atoms with van der Waals surface area (Å²) in [5.41, 5.74) is 7.00. The predicted octanol–water partition coefficient (Wildman–Crippen LogP) is 1.90. The Bertz CT molecular complexity index is 481. The van der Waals surface area contributed by atoms with Crippen LogP contribution >= 0.6 is 0 Å². The van der Waals surface area contributed by atoms with E-state index in [1.54, 1.807) is 12.1 Å². The van der Waals surface area contributed by atoms with Crippen LogP contribution in [-0.2, 0) is 16.4 Å². The second-order valence-corrected chi connectivity index (χ2v) is 7.01. The minimum Gasteiger partial charge on any atom is -0.327 e. The van der Waals surface area contributed by atoms with Gasteiger partial charge in [-0.05, 0) is 36.5 Å². The van der Waals surface area contributed by atoms with E-state index in [9.17, 15) is 8.42 Å². The summed E-state index contributed by atoms with van der Waals surface area (Å²) in [4.78, 5) is 0.293. The highest BCUT2D eigenvalue weighted by Gasteiger charge is 2.15. The van der Waals surface area contributed by atoms with Crippen LogP contribution in [0.1, 0.15) is 32.8 Å². The van der Waals surface area contributed by atoms with E-state index >= 15 is 0 Å². The van der Waals surface area contributed by atoms with E-state index in [-0.39, 0.29) is 12.6 Å². The van der Waals surface area contributed by atoms with Gasteiger partial charge in [0, 0.05) is 12.6 Å². The van der Waals surface area contributed by atoms with Gasteiger partial charge in [-0.25, -0.2) is 13.1 Å². The van der Waals surface area contributed by atoms with Crippen LogP contribution in [0.2, 0.25) is 0 Å². The predicted molar refractivity (Wildman–Crippen MR) is 78.4 cm³/mol. The van der Waals surface area contributed by atoms with Crippen LogP contribution in [0.5, 0.6) is 0 Å². The molecule has 108 valence electrons. The molecule has 0 saturated heterocycles. The lowest BCUT2D eigenvalue weighted by Gasteiger charge is -2.15. The Morgan fingerprint density at radius 3 is 2.26 bits per heavy atom. The Morgan fingerprint density at radius 2 is 1.79 bits per heavy atom. The van der Waals surface area contributed by atoms with Crippen LogP contribution in [0, 0.1) is 5.92 Å². The number of sulfonamides is 1. The van der Waals surface area contributed by atoms with Gasteiger partial charge < -0.3 is 5.73 Å². The largest absolute Gasteiger partial charge is 0.327 e. The number of hydrogen-bond acceptors (Lipinski definition) is 3. The van der Waals surface area contributed by atoms with E-state index in [2.05, 4.69) is 18.6 Å². The first-order valence-corrected chi connectivity index (χ1v) is 8.17. The third kappa shape index (κ3) is 5.30. The quantitative estimate of drug-likeness (QED) is 0.803. The van der Waals surface area contributed by atoms with Gasteiger partial charge in [0.25, 0.3) is 0 Å². The van der Waals surface area contributed by atoms with Crippen molar-refractivity contribution >= 4 is 10.0 Å². The number of aryl methyl sites for hydroxylation is 1. The third-order valence-electron chi connectivity index (χ3n) is 2.95. The normalized spacial score (nSPS) is 13.7. The van der Waals surface area contributed by atoms with Crippen LogP contribution in [0.25, 0.3) is 0 Å². The monoisotopic (exact) mass is 284 g/mol. The maximum Gasteiger partial charge on any atom is 0.240 e. The average molecular weight is 284 g/mol. The molecule has 1 aromatic carbocycles. The van der Waals surface area contributed by atoms with Crippen molar-refractivity contribution in [2.45, 2.75) is 44.6 Å². The molecule has 3 N–H and O–H groups in total. The molecule has 0 aromatic heterocycles. The summed E-state index contributed by atoms with van der Waals surface area (Å²) in [7, 11) is -3.45. The molecule has 5 heteroatoms. The molecule has 0 aliphatic carbocycles. The summed E-state index contributed by atoms with van der Waals surface area (Å²) in [5.74, 6) is 0.461. The van der Waals surface area contributed by atoms with Crippen molar-refractivity contribution in [3.8, 4) is 0 Å². The zero-order valence-electron chi connectivity index (χ0n) is 11.9. The van der Waals surface area contributed by atoms with Crippen molar-refractivity contribution in [1.82, 2.24) is 4.72 Å².